The summed E-state index contributed by atoms with van der Waals surface area (Å²) in [6.07, 6.45) is 1.22. The molecule has 0 saturated carbocycles. The average molecular weight is 468 g/mol. The van der Waals surface area contributed by atoms with Crippen LogP contribution >= 0.6 is 11.6 Å². The Labute approximate surface area is 191 Å². The van der Waals surface area contributed by atoms with Crippen molar-refractivity contribution in [2.24, 2.45) is 5.92 Å². The van der Waals surface area contributed by atoms with Crippen molar-refractivity contribution < 1.29 is 18.4 Å². The van der Waals surface area contributed by atoms with Gasteiger partial charge in [0.1, 0.15) is 23.5 Å². The fraction of sp³-hybridized carbons (Fsp3) is 0.500. The number of nitrogens with zero attached hydrogens (tertiary/aromatic N) is 3. The molecule has 174 valence electrons. The van der Waals surface area contributed by atoms with E-state index >= 15 is 0 Å². The van der Waals surface area contributed by atoms with E-state index in [4.69, 9.17) is 11.6 Å². The molecular weight excluding hydrogens is 440 g/mol. The fourth-order valence-electron chi connectivity index (χ4n) is 3.91. The maximum absolute atomic E-state index is 14.7. The van der Waals surface area contributed by atoms with Crippen LogP contribution in [0.4, 0.5) is 8.78 Å². The summed E-state index contributed by atoms with van der Waals surface area (Å²) in [6, 6.07) is 1.17. The summed E-state index contributed by atoms with van der Waals surface area (Å²) in [7, 11) is 3.43. The maximum atomic E-state index is 14.7. The van der Waals surface area contributed by atoms with Crippen LogP contribution in [0.3, 0.4) is 0 Å². The molecule has 1 aliphatic rings. The number of hydrogen-bond donors (Lipinski definition) is 2. The third kappa shape index (κ3) is 5.10. The molecule has 2 amide bonds. The maximum Gasteiger partial charge on any atom is 0.272 e. The number of aromatic nitrogens is 2. The molecule has 0 unspecified atom stereocenters. The molecule has 32 heavy (non-hydrogen) atoms. The minimum atomic E-state index is -0.865. The van der Waals surface area contributed by atoms with Crippen LogP contribution in [-0.2, 0) is 17.9 Å². The van der Waals surface area contributed by atoms with Gasteiger partial charge in [0.05, 0.1) is 16.3 Å². The molecule has 0 aliphatic carbocycles. The molecular formula is C22H28ClF2N5O2. The summed E-state index contributed by atoms with van der Waals surface area (Å²) in [5.41, 5.74) is 0.745. The predicted molar refractivity (Wildman–Crippen MR) is 118 cm³/mol. The number of carbonyl (C=O) groups excluding carboxylic acids is 2. The number of hydrogen-bond acceptors (Lipinski definition) is 4. The first-order valence-electron chi connectivity index (χ1n) is 10.6. The molecule has 0 fully saturated rings. The molecule has 10 heteroatoms. The third-order valence-corrected chi connectivity index (χ3v) is 5.74. The quantitative estimate of drug-likeness (QED) is 0.639. The van der Waals surface area contributed by atoms with E-state index in [1.807, 2.05) is 25.8 Å². The summed E-state index contributed by atoms with van der Waals surface area (Å²) in [5, 5.41) is 5.12. The minimum Gasteiger partial charge on any atom is -0.357 e. The van der Waals surface area contributed by atoms with Crippen LogP contribution in [-0.4, -0.2) is 52.9 Å². The second kappa shape index (κ2) is 9.95. The Morgan fingerprint density at radius 2 is 1.94 bits per heavy atom. The molecule has 1 atom stereocenters. The molecule has 7 nitrogen and oxygen atoms in total. The van der Waals surface area contributed by atoms with Gasteiger partial charge in [0.25, 0.3) is 5.91 Å². The minimum absolute atomic E-state index is 0.0197. The number of carbonyl (C=O) groups is 2. The van der Waals surface area contributed by atoms with Crippen molar-refractivity contribution >= 4 is 23.4 Å². The summed E-state index contributed by atoms with van der Waals surface area (Å²) < 4.78 is 30.2. The molecule has 2 aromatic rings. The largest absolute Gasteiger partial charge is 0.357 e. The topological polar surface area (TPSA) is 79.3 Å². The van der Waals surface area contributed by atoms with E-state index in [0.29, 0.717) is 31.3 Å². The van der Waals surface area contributed by atoms with E-state index in [1.165, 1.54) is 13.1 Å². The number of benzene rings is 1. The van der Waals surface area contributed by atoms with Crippen molar-refractivity contribution in [1.29, 1.82) is 0 Å². The van der Waals surface area contributed by atoms with Gasteiger partial charge in [-0.15, -0.1) is 0 Å². The van der Waals surface area contributed by atoms with E-state index in [2.05, 4.69) is 15.6 Å². The second-order valence-electron chi connectivity index (χ2n) is 8.49. The Balaban J connectivity index is 2.07. The first-order chi connectivity index (χ1) is 15.1. The monoisotopic (exact) mass is 467 g/mol. The Kier molecular flexibility index (Phi) is 7.51. The molecule has 3 rings (SSSR count). The van der Waals surface area contributed by atoms with Crippen LogP contribution in [0.2, 0.25) is 5.02 Å². The molecule has 1 aromatic carbocycles. The van der Waals surface area contributed by atoms with Crippen LogP contribution in [0, 0.1) is 17.6 Å². The lowest BCUT2D eigenvalue weighted by Crippen LogP contribution is -2.46. The average Bonchev–Trinajstić information content (AvgIpc) is 2.95. The summed E-state index contributed by atoms with van der Waals surface area (Å²) >= 11 is 5.90. The number of nitrogens with one attached hydrogen (secondary N) is 2. The van der Waals surface area contributed by atoms with Crippen LogP contribution < -0.4 is 10.6 Å². The number of amides is 2. The van der Waals surface area contributed by atoms with Gasteiger partial charge in [0.15, 0.2) is 5.69 Å². The number of likely N-dealkylation sites (N-methyl/N-ethyl adjacent to an activating group) is 1. The number of halogens is 3. The molecule has 0 spiro atoms. The zero-order valence-electron chi connectivity index (χ0n) is 18.6. The second-order valence-corrected chi connectivity index (χ2v) is 8.90. The first-order valence-corrected chi connectivity index (χ1v) is 11.0. The van der Waals surface area contributed by atoms with Crippen molar-refractivity contribution in [2.45, 2.75) is 45.8 Å². The molecule has 2 N–H and O–H groups in total. The Bertz CT molecular complexity index is 1020. The predicted octanol–water partition coefficient (Wildman–Crippen LogP) is 3.21. The van der Waals surface area contributed by atoms with Crippen molar-refractivity contribution in [3.05, 3.63) is 40.2 Å². The molecule has 0 radical (unpaired) electrons. The first kappa shape index (κ1) is 24.1. The van der Waals surface area contributed by atoms with Gasteiger partial charge in [-0.25, -0.2) is 13.8 Å². The van der Waals surface area contributed by atoms with Crippen molar-refractivity contribution in [2.75, 3.05) is 20.6 Å². The number of rotatable bonds is 6. The molecule has 0 bridgehead atoms. The Hall–Kier alpha value is -2.52. The number of fused-ring (bicyclic) bond motifs is 1. The van der Waals surface area contributed by atoms with Crippen molar-refractivity contribution in [3.8, 4) is 11.4 Å². The van der Waals surface area contributed by atoms with Gasteiger partial charge in [-0.05, 0) is 38.4 Å². The zero-order valence-corrected chi connectivity index (χ0v) is 19.4. The highest BCUT2D eigenvalue weighted by atomic mass is 35.5. The van der Waals surface area contributed by atoms with Gasteiger partial charge >= 0.3 is 0 Å². The molecule has 2 heterocycles. The molecule has 0 saturated heterocycles. The van der Waals surface area contributed by atoms with Gasteiger partial charge in [-0.2, -0.15) is 0 Å². The van der Waals surface area contributed by atoms with Crippen LogP contribution in [0.15, 0.2) is 12.1 Å². The fourth-order valence-corrected chi connectivity index (χ4v) is 4.07. The van der Waals surface area contributed by atoms with E-state index in [-0.39, 0.29) is 33.9 Å². The normalized spacial score (nSPS) is 15.2. The zero-order chi connectivity index (χ0) is 23.6. The summed E-state index contributed by atoms with van der Waals surface area (Å²) in [4.78, 5) is 32.0. The lowest BCUT2D eigenvalue weighted by molar-refractivity contribution is -0.122. The van der Waals surface area contributed by atoms with E-state index in [0.717, 1.165) is 13.0 Å². The van der Waals surface area contributed by atoms with Crippen molar-refractivity contribution in [3.63, 3.8) is 0 Å². The Morgan fingerprint density at radius 3 is 2.59 bits per heavy atom. The molecule has 1 aromatic heterocycles. The highest BCUT2D eigenvalue weighted by Gasteiger charge is 2.30. The summed E-state index contributed by atoms with van der Waals surface area (Å²) in [6.45, 7) is 5.62. The van der Waals surface area contributed by atoms with E-state index < -0.39 is 23.6 Å². The van der Waals surface area contributed by atoms with Crippen LogP contribution in [0.5, 0.6) is 0 Å². The van der Waals surface area contributed by atoms with Gasteiger partial charge in [-0.3, -0.25) is 9.59 Å². The Morgan fingerprint density at radius 1 is 1.22 bits per heavy atom. The van der Waals surface area contributed by atoms with E-state index in [9.17, 15) is 18.4 Å². The van der Waals surface area contributed by atoms with Crippen molar-refractivity contribution in [1.82, 2.24) is 25.1 Å². The van der Waals surface area contributed by atoms with Crippen LogP contribution in [0.1, 0.15) is 42.9 Å². The number of imidazole rings is 1. The highest BCUT2D eigenvalue weighted by Crippen LogP contribution is 2.31. The smallest absolute Gasteiger partial charge is 0.272 e. The standard InChI is InChI=1S/C22H28ClF2N5O2/c1-12(2)8-17(21(31)26-3)27-22(32)19-18-11-29(4)6-5-7-30(18)20(28-19)13-9-14(23)16(25)10-15(13)24/h9-10,12,17H,5-8,11H2,1-4H3,(H,26,31)(H,27,32)/t17-/m0/s1. The highest BCUT2D eigenvalue weighted by molar-refractivity contribution is 6.31. The third-order valence-electron chi connectivity index (χ3n) is 5.46. The SMILES string of the molecule is CNC(=O)[C@H](CC(C)C)NC(=O)c1nc(-c2cc(Cl)c(F)cc2F)n2c1CN(C)CCC2. The molecule has 1 aliphatic heterocycles. The van der Waals surface area contributed by atoms with Gasteiger partial charge in [0.2, 0.25) is 5.91 Å². The van der Waals surface area contributed by atoms with Gasteiger partial charge in [-0.1, -0.05) is 25.4 Å². The lowest BCUT2D eigenvalue weighted by Gasteiger charge is -2.19. The lowest BCUT2D eigenvalue weighted by atomic mass is 10.0. The van der Waals surface area contributed by atoms with E-state index in [1.54, 1.807) is 4.57 Å². The van der Waals surface area contributed by atoms with Crippen LogP contribution in [0.25, 0.3) is 11.4 Å². The van der Waals surface area contributed by atoms with Gasteiger partial charge < -0.3 is 20.1 Å². The summed E-state index contributed by atoms with van der Waals surface area (Å²) in [5.74, 6) is -2.11. The van der Waals surface area contributed by atoms with Gasteiger partial charge in [0, 0.05) is 26.2 Å².